The summed E-state index contributed by atoms with van der Waals surface area (Å²) < 4.78 is 11.6. The number of carbonyl (C=O) groups excluding carboxylic acids is 1. The molecule has 0 unspecified atom stereocenters. The fourth-order valence-corrected chi connectivity index (χ4v) is 3.00. The monoisotopic (exact) mass is 281 g/mol. The first-order chi connectivity index (χ1) is 9.31. The second-order valence-electron chi connectivity index (χ2n) is 4.75. The zero-order valence-corrected chi connectivity index (χ0v) is 11.3. The third-order valence-corrected chi connectivity index (χ3v) is 3.94. The van der Waals surface area contributed by atoms with Gasteiger partial charge in [0.1, 0.15) is 17.7 Å². The number of halogens is 1. The van der Waals surface area contributed by atoms with Gasteiger partial charge in [-0.25, -0.2) is 0 Å². The summed E-state index contributed by atoms with van der Waals surface area (Å²) in [5.41, 5.74) is 1.03. The van der Waals surface area contributed by atoms with Crippen molar-refractivity contribution in [3.8, 4) is 5.75 Å². The van der Waals surface area contributed by atoms with Crippen LogP contribution in [0.2, 0.25) is 0 Å². The molecule has 0 saturated carbocycles. The second-order valence-corrected chi connectivity index (χ2v) is 5.02. The Hall–Kier alpha value is -1.26. The molecule has 1 saturated heterocycles. The van der Waals surface area contributed by atoms with Gasteiger partial charge in [-0.15, -0.1) is 11.6 Å². The largest absolute Gasteiger partial charge is 0.493 e. The second kappa shape index (κ2) is 5.39. The molecule has 2 heterocycles. The van der Waals surface area contributed by atoms with Gasteiger partial charge in [-0.1, -0.05) is 18.2 Å². The Labute approximate surface area is 117 Å². The first-order valence-corrected chi connectivity index (χ1v) is 7.03. The standard InChI is InChI=1S/C14H16ClNO3/c15-9-13(17)16-6-8-19-14-10-3-1-2-4-12(10)18-7-5-11(14)16/h1-4,11,14H,5-9H2/t11-,14-/m0/s1. The summed E-state index contributed by atoms with van der Waals surface area (Å²) in [5.74, 6) is 0.848. The van der Waals surface area contributed by atoms with E-state index in [2.05, 4.69) is 0 Å². The first kappa shape index (κ1) is 12.8. The van der Waals surface area contributed by atoms with E-state index < -0.39 is 0 Å². The average molecular weight is 282 g/mol. The highest BCUT2D eigenvalue weighted by atomic mass is 35.5. The fraction of sp³-hybridized carbons (Fsp3) is 0.500. The van der Waals surface area contributed by atoms with Gasteiger partial charge in [-0.3, -0.25) is 4.79 Å². The quantitative estimate of drug-likeness (QED) is 0.739. The van der Waals surface area contributed by atoms with E-state index in [-0.39, 0.29) is 23.9 Å². The molecule has 1 fully saturated rings. The number of carbonyl (C=O) groups is 1. The molecule has 2 aliphatic rings. The van der Waals surface area contributed by atoms with Crippen molar-refractivity contribution in [2.24, 2.45) is 0 Å². The SMILES string of the molecule is O=C(CCl)N1CCO[C@H]2c3ccccc3OCC[C@@H]21. The lowest BCUT2D eigenvalue weighted by atomic mass is 9.97. The Morgan fingerprint density at radius 2 is 2.21 bits per heavy atom. The van der Waals surface area contributed by atoms with Crippen molar-refractivity contribution in [2.75, 3.05) is 25.6 Å². The minimum absolute atomic E-state index is 0.0173. The Morgan fingerprint density at radius 1 is 1.37 bits per heavy atom. The Bertz CT molecular complexity index is 480. The van der Waals surface area contributed by atoms with E-state index in [1.807, 2.05) is 29.2 Å². The summed E-state index contributed by atoms with van der Waals surface area (Å²) in [6.07, 6.45) is 0.654. The number of alkyl halides is 1. The Balaban J connectivity index is 1.95. The highest BCUT2D eigenvalue weighted by molar-refractivity contribution is 6.27. The molecule has 102 valence electrons. The predicted octanol–water partition coefficient (Wildman–Crippen LogP) is 1.98. The van der Waals surface area contributed by atoms with Crippen molar-refractivity contribution in [2.45, 2.75) is 18.6 Å². The molecular weight excluding hydrogens is 266 g/mol. The number of benzene rings is 1. The van der Waals surface area contributed by atoms with E-state index in [1.54, 1.807) is 0 Å². The minimum atomic E-state index is -0.111. The van der Waals surface area contributed by atoms with E-state index in [1.165, 1.54) is 0 Å². The topological polar surface area (TPSA) is 38.8 Å². The molecule has 1 amide bonds. The van der Waals surface area contributed by atoms with Gasteiger partial charge in [0.15, 0.2) is 0 Å². The van der Waals surface area contributed by atoms with E-state index in [4.69, 9.17) is 21.1 Å². The van der Waals surface area contributed by atoms with Crippen molar-refractivity contribution < 1.29 is 14.3 Å². The van der Waals surface area contributed by atoms with E-state index in [9.17, 15) is 4.79 Å². The number of ether oxygens (including phenoxy) is 2. The minimum Gasteiger partial charge on any atom is -0.493 e. The molecule has 0 aliphatic carbocycles. The first-order valence-electron chi connectivity index (χ1n) is 6.50. The highest BCUT2D eigenvalue weighted by Crippen LogP contribution is 2.38. The van der Waals surface area contributed by atoms with Gasteiger partial charge >= 0.3 is 0 Å². The molecule has 3 rings (SSSR count). The number of para-hydroxylation sites is 1. The van der Waals surface area contributed by atoms with Crippen LogP contribution in [0.15, 0.2) is 24.3 Å². The van der Waals surface area contributed by atoms with Crippen LogP contribution in [0.5, 0.6) is 5.75 Å². The maximum Gasteiger partial charge on any atom is 0.237 e. The number of hydrogen-bond acceptors (Lipinski definition) is 3. The Morgan fingerprint density at radius 3 is 3.05 bits per heavy atom. The molecule has 0 N–H and O–H groups in total. The van der Waals surface area contributed by atoms with Crippen molar-refractivity contribution in [1.82, 2.24) is 4.90 Å². The number of amides is 1. The van der Waals surface area contributed by atoms with Crippen LogP contribution in [0.3, 0.4) is 0 Å². The molecule has 0 aromatic heterocycles. The van der Waals surface area contributed by atoms with Crippen LogP contribution in [0, 0.1) is 0 Å². The average Bonchev–Trinajstić information content (AvgIpc) is 2.65. The van der Waals surface area contributed by atoms with Crippen LogP contribution in [-0.2, 0) is 9.53 Å². The summed E-state index contributed by atoms with van der Waals surface area (Å²) in [4.78, 5) is 13.8. The van der Waals surface area contributed by atoms with E-state index in [0.717, 1.165) is 17.7 Å². The Kier molecular flexibility index (Phi) is 3.62. The van der Waals surface area contributed by atoms with Crippen molar-refractivity contribution >= 4 is 17.5 Å². The molecule has 2 atom stereocenters. The zero-order valence-electron chi connectivity index (χ0n) is 10.5. The normalized spacial score (nSPS) is 25.8. The molecule has 1 aromatic carbocycles. The summed E-state index contributed by atoms with van der Waals surface area (Å²) >= 11 is 5.69. The van der Waals surface area contributed by atoms with Gasteiger partial charge in [-0.05, 0) is 6.07 Å². The summed E-state index contributed by atoms with van der Waals surface area (Å²) in [7, 11) is 0. The van der Waals surface area contributed by atoms with Crippen LogP contribution < -0.4 is 4.74 Å². The van der Waals surface area contributed by atoms with Crippen LogP contribution in [0.4, 0.5) is 0 Å². The van der Waals surface area contributed by atoms with E-state index in [0.29, 0.717) is 19.8 Å². The number of rotatable bonds is 1. The van der Waals surface area contributed by atoms with Gasteiger partial charge in [0.05, 0.1) is 19.3 Å². The third-order valence-electron chi connectivity index (χ3n) is 3.71. The third kappa shape index (κ3) is 2.30. The molecule has 0 bridgehead atoms. The molecule has 0 radical (unpaired) electrons. The molecule has 19 heavy (non-hydrogen) atoms. The predicted molar refractivity (Wildman–Crippen MR) is 71.5 cm³/mol. The molecule has 2 aliphatic heterocycles. The van der Waals surface area contributed by atoms with Gasteiger partial charge in [0.2, 0.25) is 5.91 Å². The smallest absolute Gasteiger partial charge is 0.237 e. The van der Waals surface area contributed by atoms with Crippen LogP contribution in [0.1, 0.15) is 18.1 Å². The maximum atomic E-state index is 11.9. The van der Waals surface area contributed by atoms with Crippen LogP contribution in [-0.4, -0.2) is 42.5 Å². The number of nitrogens with zero attached hydrogens (tertiary/aromatic N) is 1. The zero-order chi connectivity index (χ0) is 13.2. The van der Waals surface area contributed by atoms with Crippen LogP contribution in [0.25, 0.3) is 0 Å². The number of fused-ring (bicyclic) bond motifs is 3. The van der Waals surface area contributed by atoms with Crippen molar-refractivity contribution in [3.05, 3.63) is 29.8 Å². The lowest BCUT2D eigenvalue weighted by Gasteiger charge is -2.40. The fourth-order valence-electron chi connectivity index (χ4n) is 2.85. The number of morpholine rings is 1. The lowest BCUT2D eigenvalue weighted by molar-refractivity contribution is -0.144. The lowest BCUT2D eigenvalue weighted by Crippen LogP contribution is -2.50. The van der Waals surface area contributed by atoms with Gasteiger partial charge < -0.3 is 14.4 Å². The van der Waals surface area contributed by atoms with Crippen molar-refractivity contribution in [1.29, 1.82) is 0 Å². The van der Waals surface area contributed by atoms with Gasteiger partial charge in [-0.2, -0.15) is 0 Å². The highest BCUT2D eigenvalue weighted by Gasteiger charge is 2.38. The summed E-state index contributed by atoms with van der Waals surface area (Å²) in [5, 5.41) is 0. The molecule has 5 heteroatoms. The van der Waals surface area contributed by atoms with E-state index >= 15 is 0 Å². The summed E-state index contributed by atoms with van der Waals surface area (Å²) in [6, 6.07) is 7.89. The molecule has 4 nitrogen and oxygen atoms in total. The van der Waals surface area contributed by atoms with Crippen molar-refractivity contribution in [3.63, 3.8) is 0 Å². The van der Waals surface area contributed by atoms with Gasteiger partial charge in [0.25, 0.3) is 0 Å². The molecule has 0 spiro atoms. The van der Waals surface area contributed by atoms with Crippen LogP contribution >= 0.6 is 11.6 Å². The maximum absolute atomic E-state index is 11.9. The number of hydrogen-bond donors (Lipinski definition) is 0. The molecular formula is C14H16ClNO3. The van der Waals surface area contributed by atoms with Gasteiger partial charge in [0, 0.05) is 18.5 Å². The molecule has 1 aromatic rings. The summed E-state index contributed by atoms with van der Waals surface area (Å²) in [6.45, 7) is 1.74.